The van der Waals surface area contributed by atoms with Crippen molar-refractivity contribution >= 4 is 27.5 Å². The van der Waals surface area contributed by atoms with E-state index in [-0.39, 0.29) is 30.6 Å². The van der Waals surface area contributed by atoms with Gasteiger partial charge in [-0.1, -0.05) is 73.9 Å². The molecule has 0 heterocycles. The molecule has 3 aromatic rings. The fraction of sp³-hybridized carbons (Fsp3) is 0.355. The summed E-state index contributed by atoms with van der Waals surface area (Å²) >= 11 is 0. The van der Waals surface area contributed by atoms with E-state index in [9.17, 15) is 26.8 Å². The van der Waals surface area contributed by atoms with E-state index in [1.165, 1.54) is 47.4 Å². The number of hydrogen-bond donors (Lipinski definition) is 1. The van der Waals surface area contributed by atoms with Gasteiger partial charge in [0.05, 0.1) is 11.9 Å². The van der Waals surface area contributed by atoms with Crippen molar-refractivity contribution < 1.29 is 26.8 Å². The number of halogens is 2. The predicted octanol–water partition coefficient (Wildman–Crippen LogP) is 4.82. The molecule has 2 amide bonds. The Balaban J connectivity index is 1.72. The molecule has 0 unspecified atom stereocenters. The third kappa shape index (κ3) is 8.36. The second-order valence-electron chi connectivity index (χ2n) is 10.4. The van der Waals surface area contributed by atoms with E-state index in [4.69, 9.17) is 0 Å². The number of rotatable bonds is 11. The highest BCUT2D eigenvalue weighted by molar-refractivity contribution is 7.92. The number of benzene rings is 3. The maximum Gasteiger partial charge on any atom is 0.244 e. The summed E-state index contributed by atoms with van der Waals surface area (Å²) in [5.41, 5.74) is 1.10. The Hall–Kier alpha value is -3.79. The van der Waals surface area contributed by atoms with Gasteiger partial charge < -0.3 is 10.2 Å². The zero-order valence-electron chi connectivity index (χ0n) is 23.0. The van der Waals surface area contributed by atoms with Crippen molar-refractivity contribution in [2.75, 3.05) is 17.1 Å². The topological polar surface area (TPSA) is 86.8 Å². The number of carbonyl (C=O) groups excluding carboxylic acids is 2. The van der Waals surface area contributed by atoms with E-state index < -0.39 is 40.2 Å². The first-order chi connectivity index (χ1) is 19.6. The van der Waals surface area contributed by atoms with Gasteiger partial charge in [-0.3, -0.25) is 13.9 Å². The van der Waals surface area contributed by atoms with Gasteiger partial charge in [0.15, 0.2) is 0 Å². The van der Waals surface area contributed by atoms with Crippen LogP contribution in [0.2, 0.25) is 0 Å². The smallest absolute Gasteiger partial charge is 0.244 e. The first-order valence-electron chi connectivity index (χ1n) is 13.7. The number of amides is 2. The fourth-order valence-corrected chi connectivity index (χ4v) is 5.98. The van der Waals surface area contributed by atoms with E-state index in [1.54, 1.807) is 0 Å². The molecule has 0 saturated heterocycles. The molecule has 0 spiro atoms. The lowest BCUT2D eigenvalue weighted by Crippen LogP contribution is -2.55. The quantitative estimate of drug-likeness (QED) is 0.351. The van der Waals surface area contributed by atoms with Gasteiger partial charge in [-0.2, -0.15) is 0 Å². The van der Waals surface area contributed by atoms with Crippen molar-refractivity contribution in [2.45, 2.75) is 57.2 Å². The van der Waals surface area contributed by atoms with Gasteiger partial charge in [-0.15, -0.1) is 0 Å². The molecular weight excluding hydrogens is 548 g/mol. The zero-order chi connectivity index (χ0) is 29.4. The lowest BCUT2D eigenvalue weighted by atomic mass is 9.94. The van der Waals surface area contributed by atoms with Gasteiger partial charge in [0, 0.05) is 19.0 Å². The molecule has 1 saturated carbocycles. The van der Waals surface area contributed by atoms with Crippen LogP contribution in [0.1, 0.15) is 43.2 Å². The summed E-state index contributed by atoms with van der Waals surface area (Å²) in [4.78, 5) is 29.2. The summed E-state index contributed by atoms with van der Waals surface area (Å²) in [6.07, 6.45) is 5.85. The number of sulfonamides is 1. The Bertz CT molecular complexity index is 1430. The number of hydrogen-bond acceptors (Lipinski definition) is 4. The number of nitrogens with one attached hydrogen (secondary N) is 1. The van der Waals surface area contributed by atoms with Crippen LogP contribution in [0.25, 0.3) is 0 Å². The van der Waals surface area contributed by atoms with Crippen LogP contribution in [0.15, 0.2) is 78.9 Å². The molecule has 4 rings (SSSR count). The van der Waals surface area contributed by atoms with Crippen LogP contribution in [-0.2, 0) is 32.6 Å². The van der Waals surface area contributed by atoms with Gasteiger partial charge in [0.2, 0.25) is 21.8 Å². The average molecular weight is 584 g/mol. The normalized spacial score (nSPS) is 14.7. The summed E-state index contributed by atoms with van der Waals surface area (Å²) < 4.78 is 54.6. The minimum atomic E-state index is -4.08. The van der Waals surface area contributed by atoms with Crippen LogP contribution in [0.5, 0.6) is 0 Å². The van der Waals surface area contributed by atoms with E-state index in [0.29, 0.717) is 9.87 Å². The van der Waals surface area contributed by atoms with Crippen LogP contribution in [0.3, 0.4) is 0 Å². The SMILES string of the molecule is CS(=O)(=O)N(CC(=O)N(Cc1ccc(F)cc1)[C@H](Cc1ccccc1)C(=O)NC1CCCCC1)c1ccccc1F. The average Bonchev–Trinajstić information content (AvgIpc) is 2.95. The summed E-state index contributed by atoms with van der Waals surface area (Å²) in [5.74, 6) is -2.30. The van der Waals surface area contributed by atoms with Gasteiger partial charge in [-0.25, -0.2) is 17.2 Å². The molecule has 10 heteroatoms. The fourth-order valence-electron chi connectivity index (χ4n) is 5.13. The zero-order valence-corrected chi connectivity index (χ0v) is 23.8. The summed E-state index contributed by atoms with van der Waals surface area (Å²) in [6.45, 7) is -0.799. The van der Waals surface area contributed by atoms with Crippen LogP contribution in [-0.4, -0.2) is 50.0 Å². The van der Waals surface area contributed by atoms with Crippen molar-refractivity contribution in [3.63, 3.8) is 0 Å². The highest BCUT2D eigenvalue weighted by atomic mass is 32.2. The van der Waals surface area contributed by atoms with E-state index in [1.807, 2.05) is 30.3 Å². The standard InChI is InChI=1S/C31H35F2N3O4S/c1-41(39,40)36(28-15-9-8-14-27(28)33)22-30(37)35(21-24-16-18-25(32)19-17-24)29(20-23-10-4-2-5-11-23)31(38)34-26-12-6-3-7-13-26/h2,4-5,8-11,14-19,26,29H,3,6-7,12-13,20-22H2,1H3,(H,34,38)/t29-/m1/s1. The molecule has 7 nitrogen and oxygen atoms in total. The Morgan fingerprint density at radius 3 is 2.15 bits per heavy atom. The summed E-state index contributed by atoms with van der Waals surface area (Å²) in [7, 11) is -4.08. The Kier molecular flexibility index (Phi) is 10.1. The largest absolute Gasteiger partial charge is 0.352 e. The molecular formula is C31H35F2N3O4S. The molecule has 1 fully saturated rings. The highest BCUT2D eigenvalue weighted by Gasteiger charge is 2.34. The molecule has 1 atom stereocenters. The number of anilines is 1. The van der Waals surface area contributed by atoms with Gasteiger partial charge in [-0.05, 0) is 48.2 Å². The van der Waals surface area contributed by atoms with Crippen molar-refractivity contribution in [1.29, 1.82) is 0 Å². The Morgan fingerprint density at radius 2 is 1.51 bits per heavy atom. The number of carbonyl (C=O) groups is 2. The minimum Gasteiger partial charge on any atom is -0.352 e. The second kappa shape index (κ2) is 13.7. The second-order valence-corrected chi connectivity index (χ2v) is 12.3. The number of nitrogens with zero attached hydrogens (tertiary/aromatic N) is 2. The molecule has 1 N–H and O–H groups in total. The molecule has 1 aliphatic carbocycles. The maximum atomic E-state index is 14.7. The van der Waals surface area contributed by atoms with Gasteiger partial charge in [0.25, 0.3) is 0 Å². The van der Waals surface area contributed by atoms with Gasteiger partial charge >= 0.3 is 0 Å². The van der Waals surface area contributed by atoms with E-state index in [2.05, 4.69) is 5.32 Å². The minimum absolute atomic E-state index is 0.0248. The van der Waals surface area contributed by atoms with Crippen molar-refractivity contribution in [2.24, 2.45) is 0 Å². The summed E-state index contributed by atoms with van der Waals surface area (Å²) in [6, 6.07) is 19.0. The first kappa shape index (κ1) is 30.2. The monoisotopic (exact) mass is 583 g/mol. The molecule has 1 aliphatic rings. The molecule has 0 aromatic heterocycles. The third-order valence-electron chi connectivity index (χ3n) is 7.29. The maximum absolute atomic E-state index is 14.7. The molecule has 0 radical (unpaired) electrons. The first-order valence-corrected chi connectivity index (χ1v) is 15.6. The Morgan fingerprint density at radius 1 is 0.878 bits per heavy atom. The van der Waals surface area contributed by atoms with E-state index >= 15 is 0 Å². The summed E-state index contributed by atoms with van der Waals surface area (Å²) in [5, 5.41) is 3.11. The molecule has 3 aromatic carbocycles. The van der Waals surface area contributed by atoms with Crippen LogP contribution < -0.4 is 9.62 Å². The van der Waals surface area contributed by atoms with Crippen molar-refractivity contribution in [3.05, 3.63) is 102 Å². The highest BCUT2D eigenvalue weighted by Crippen LogP contribution is 2.24. The third-order valence-corrected chi connectivity index (χ3v) is 8.42. The Labute approximate surface area is 240 Å². The lowest BCUT2D eigenvalue weighted by Gasteiger charge is -2.35. The predicted molar refractivity (Wildman–Crippen MR) is 154 cm³/mol. The number of para-hydroxylation sites is 1. The molecule has 0 aliphatic heterocycles. The van der Waals surface area contributed by atoms with Crippen molar-refractivity contribution in [3.8, 4) is 0 Å². The van der Waals surface area contributed by atoms with E-state index in [0.717, 1.165) is 50.0 Å². The molecule has 218 valence electrons. The van der Waals surface area contributed by atoms with Crippen LogP contribution >= 0.6 is 0 Å². The lowest BCUT2D eigenvalue weighted by molar-refractivity contribution is -0.140. The van der Waals surface area contributed by atoms with Crippen molar-refractivity contribution in [1.82, 2.24) is 10.2 Å². The molecule has 41 heavy (non-hydrogen) atoms. The molecule has 0 bridgehead atoms. The van der Waals surface area contributed by atoms with Gasteiger partial charge in [0.1, 0.15) is 24.2 Å². The van der Waals surface area contributed by atoms with Crippen LogP contribution in [0, 0.1) is 11.6 Å². The van der Waals surface area contributed by atoms with Crippen LogP contribution in [0.4, 0.5) is 14.5 Å².